The highest BCUT2D eigenvalue weighted by molar-refractivity contribution is 9.10. The van der Waals surface area contributed by atoms with Gasteiger partial charge in [0.25, 0.3) is 0 Å². The minimum absolute atomic E-state index is 0.163. The fourth-order valence-corrected chi connectivity index (χ4v) is 5.12. The molecule has 3 aromatic carbocycles. The van der Waals surface area contributed by atoms with Crippen molar-refractivity contribution in [1.29, 1.82) is 0 Å². The molecule has 0 fully saturated rings. The zero-order valence-corrected chi connectivity index (χ0v) is 27.8. The molecule has 0 bridgehead atoms. The zero-order valence-electron chi connectivity index (χ0n) is 26.2. The van der Waals surface area contributed by atoms with Crippen molar-refractivity contribution in [3.05, 3.63) is 92.6 Å². The molecule has 0 aliphatic carbocycles. The van der Waals surface area contributed by atoms with E-state index in [1.54, 1.807) is 44.4 Å². The topological polar surface area (TPSA) is 149 Å². The number of methoxy groups -OCH3 is 2. The van der Waals surface area contributed by atoms with Gasteiger partial charge in [-0.1, -0.05) is 35.9 Å². The van der Waals surface area contributed by atoms with Crippen LogP contribution in [-0.4, -0.2) is 57.0 Å². The number of hydrazone groups is 1. The Morgan fingerprint density at radius 2 is 1.83 bits per heavy atom. The third kappa shape index (κ3) is 8.70. The highest BCUT2D eigenvalue weighted by Crippen LogP contribution is 2.35. The summed E-state index contributed by atoms with van der Waals surface area (Å²) in [6.07, 6.45) is 0.366. The Hall–Kier alpha value is -4.75. The lowest BCUT2D eigenvalue weighted by Gasteiger charge is -2.28. The van der Waals surface area contributed by atoms with Crippen molar-refractivity contribution >= 4 is 34.1 Å². The average Bonchev–Trinajstić information content (AvgIpc) is 3.03. The molecule has 4 N–H and O–H groups in total. The third-order valence-corrected chi connectivity index (χ3v) is 7.55. The first-order valence-corrected chi connectivity index (χ1v) is 15.2. The first-order chi connectivity index (χ1) is 22.1. The molecule has 0 unspecified atom stereocenters. The number of allylic oxidation sites excluding steroid dienone is 1. The Kier molecular flexibility index (Phi) is 11.9. The molecule has 1 aliphatic heterocycles. The molecule has 46 heavy (non-hydrogen) atoms. The molecule has 0 saturated carbocycles. The molecule has 1 aliphatic rings. The number of carbonyl (C=O) groups is 2. The van der Waals surface area contributed by atoms with Crippen LogP contribution in [0.25, 0.3) is 0 Å². The maximum Gasteiger partial charge on any atom is 0.337 e. The Labute approximate surface area is 275 Å². The van der Waals surface area contributed by atoms with E-state index in [0.29, 0.717) is 53.0 Å². The number of nitrogens with one attached hydrogen (secondary N) is 3. The summed E-state index contributed by atoms with van der Waals surface area (Å²) in [6.45, 7) is 6.03. The molecule has 12 nitrogen and oxygen atoms in total. The van der Waals surface area contributed by atoms with Crippen LogP contribution in [0, 0.1) is 6.92 Å². The molecule has 0 radical (unpaired) electrons. The van der Waals surface area contributed by atoms with Crippen LogP contribution in [0.2, 0.25) is 0 Å². The fraction of sp³-hybridized carbons (Fsp3) is 0.303. The smallest absolute Gasteiger partial charge is 0.337 e. The van der Waals surface area contributed by atoms with Crippen molar-refractivity contribution in [3.63, 3.8) is 0 Å². The number of benzene rings is 3. The third-order valence-electron chi connectivity index (χ3n) is 6.86. The van der Waals surface area contributed by atoms with E-state index >= 15 is 0 Å². The number of aliphatic hydroxyl groups is 1. The van der Waals surface area contributed by atoms with Gasteiger partial charge in [0.15, 0.2) is 29.2 Å². The molecular formula is C33H37BrN4O8. The molecule has 3 aromatic rings. The molecule has 4 rings (SSSR count). The van der Waals surface area contributed by atoms with Crippen molar-refractivity contribution in [3.8, 4) is 23.0 Å². The molecule has 244 valence electrons. The molecule has 2 amide bonds. The van der Waals surface area contributed by atoms with E-state index in [-0.39, 0.29) is 12.2 Å². The summed E-state index contributed by atoms with van der Waals surface area (Å²) in [5, 5.41) is 20.0. The number of nitrogens with zero attached hydrogens (tertiary/aromatic N) is 1. The maximum atomic E-state index is 12.5. The summed E-state index contributed by atoms with van der Waals surface area (Å²) in [5.74, 6) is 1.24. The normalized spacial score (nSPS) is 15.1. The standard InChI is InChI=1S/C33H37BrN4O8/c1-6-44-27-13-22(31-30(32(40)43-5)20(3)36-33(41)37-31)10-11-25(27)46-18-29(39)38-35-16-23-14-26(42-4)28(15-24(23)34)45-17-21-9-7-8-19(2)12-21/h7-16,29,31,38-39H,6,17-18H2,1-5H3,(H2,36,37,41)/b35-16-/t29-,31-/m1/s1. The van der Waals surface area contributed by atoms with Crippen LogP contribution < -0.4 is 35.0 Å². The van der Waals surface area contributed by atoms with E-state index in [1.165, 1.54) is 13.3 Å². The Morgan fingerprint density at radius 3 is 2.54 bits per heavy atom. The van der Waals surface area contributed by atoms with Gasteiger partial charge in [-0.25, -0.2) is 9.59 Å². The second-order valence-electron chi connectivity index (χ2n) is 10.2. The molecule has 1 heterocycles. The predicted molar refractivity (Wildman–Crippen MR) is 175 cm³/mol. The van der Waals surface area contributed by atoms with Gasteiger partial charge in [-0.2, -0.15) is 5.10 Å². The molecule has 0 spiro atoms. The van der Waals surface area contributed by atoms with Crippen molar-refractivity contribution in [1.82, 2.24) is 16.1 Å². The van der Waals surface area contributed by atoms with Gasteiger partial charge in [-0.3, -0.25) is 5.43 Å². The first kappa shape index (κ1) is 34.1. The second kappa shape index (κ2) is 16.0. The van der Waals surface area contributed by atoms with E-state index in [4.69, 9.17) is 23.7 Å². The Morgan fingerprint density at radius 1 is 1.04 bits per heavy atom. The second-order valence-corrected chi connectivity index (χ2v) is 11.1. The molecule has 0 aromatic heterocycles. The van der Waals surface area contributed by atoms with Gasteiger partial charge in [-0.05, 0) is 72.1 Å². The summed E-state index contributed by atoms with van der Waals surface area (Å²) in [4.78, 5) is 24.6. The van der Waals surface area contributed by atoms with Gasteiger partial charge < -0.3 is 39.4 Å². The molecule has 0 saturated heterocycles. The van der Waals surface area contributed by atoms with Crippen LogP contribution in [0.1, 0.15) is 42.1 Å². The Balaban J connectivity index is 1.39. The highest BCUT2D eigenvalue weighted by Gasteiger charge is 2.32. The molecule has 2 atom stereocenters. The predicted octanol–water partition coefficient (Wildman–Crippen LogP) is 4.87. The minimum atomic E-state index is -1.16. The fourth-order valence-electron chi connectivity index (χ4n) is 4.70. The quantitative estimate of drug-likeness (QED) is 0.0802. The van der Waals surface area contributed by atoms with Gasteiger partial charge in [0.2, 0.25) is 0 Å². The Bertz CT molecular complexity index is 1630. The van der Waals surface area contributed by atoms with E-state index in [0.717, 1.165) is 15.6 Å². The maximum absolute atomic E-state index is 12.5. The van der Waals surface area contributed by atoms with Crippen LogP contribution >= 0.6 is 15.9 Å². The number of esters is 1. The SMILES string of the molecule is CCOc1cc([C@H]2NC(=O)NC(C)=C2C(=O)OC)ccc1OC[C@@H](O)N/N=C\c1cc(OC)c(OCc2cccc(C)c2)cc1Br. The number of carbonyl (C=O) groups excluding carboxylic acids is 2. The average molecular weight is 698 g/mol. The zero-order chi connectivity index (χ0) is 33.2. The number of aliphatic hydroxyl groups excluding tert-OH is 1. The monoisotopic (exact) mass is 696 g/mol. The summed E-state index contributed by atoms with van der Waals surface area (Å²) in [6, 6.07) is 15.4. The number of aryl methyl sites for hydroxylation is 1. The van der Waals surface area contributed by atoms with E-state index in [9.17, 15) is 14.7 Å². The van der Waals surface area contributed by atoms with Gasteiger partial charge in [0.1, 0.15) is 13.2 Å². The first-order valence-electron chi connectivity index (χ1n) is 14.4. The van der Waals surface area contributed by atoms with Crippen LogP contribution in [-0.2, 0) is 16.1 Å². The number of ether oxygens (including phenoxy) is 5. The van der Waals surface area contributed by atoms with Crippen molar-refractivity contribution in [2.24, 2.45) is 5.10 Å². The lowest BCUT2D eigenvalue weighted by Crippen LogP contribution is -2.45. The van der Waals surface area contributed by atoms with Gasteiger partial charge >= 0.3 is 12.0 Å². The number of hydrogen-bond donors (Lipinski definition) is 4. The summed E-state index contributed by atoms with van der Waals surface area (Å²) in [7, 11) is 2.83. The van der Waals surface area contributed by atoms with Crippen molar-refractivity contribution in [2.45, 2.75) is 39.6 Å². The largest absolute Gasteiger partial charge is 0.493 e. The molecular weight excluding hydrogens is 660 g/mol. The summed E-state index contributed by atoms with van der Waals surface area (Å²) in [5.41, 5.74) is 6.77. The summed E-state index contributed by atoms with van der Waals surface area (Å²) < 4.78 is 28.7. The lowest BCUT2D eigenvalue weighted by atomic mass is 9.95. The van der Waals surface area contributed by atoms with Crippen LogP contribution in [0.4, 0.5) is 4.79 Å². The van der Waals surface area contributed by atoms with Crippen LogP contribution in [0.5, 0.6) is 23.0 Å². The van der Waals surface area contributed by atoms with Crippen LogP contribution in [0.15, 0.2) is 75.4 Å². The van der Waals surface area contributed by atoms with E-state index in [2.05, 4.69) is 43.2 Å². The van der Waals surface area contributed by atoms with Crippen molar-refractivity contribution in [2.75, 3.05) is 27.4 Å². The van der Waals surface area contributed by atoms with Gasteiger partial charge in [0, 0.05) is 15.7 Å². The van der Waals surface area contributed by atoms with E-state index in [1.807, 2.05) is 32.0 Å². The van der Waals surface area contributed by atoms with E-state index < -0.39 is 24.3 Å². The highest BCUT2D eigenvalue weighted by atomic mass is 79.9. The minimum Gasteiger partial charge on any atom is -0.493 e. The lowest BCUT2D eigenvalue weighted by molar-refractivity contribution is -0.136. The van der Waals surface area contributed by atoms with Gasteiger partial charge in [0.05, 0.1) is 38.7 Å². The number of rotatable bonds is 14. The summed E-state index contributed by atoms with van der Waals surface area (Å²) >= 11 is 3.55. The van der Waals surface area contributed by atoms with Gasteiger partial charge in [-0.15, -0.1) is 0 Å². The number of hydrogen-bond acceptors (Lipinski definition) is 10. The number of amides is 2. The molecule has 13 heteroatoms. The number of halogens is 1. The van der Waals surface area contributed by atoms with Crippen LogP contribution in [0.3, 0.4) is 0 Å². The number of urea groups is 1. The van der Waals surface area contributed by atoms with Crippen molar-refractivity contribution < 1.29 is 38.4 Å².